The molecule has 1 fully saturated rings. The van der Waals surface area contributed by atoms with E-state index in [1.54, 1.807) is 6.07 Å². The van der Waals surface area contributed by atoms with E-state index >= 15 is 0 Å². The van der Waals surface area contributed by atoms with Crippen LogP contribution in [0, 0.1) is 11.7 Å². The summed E-state index contributed by atoms with van der Waals surface area (Å²) >= 11 is 4.71. The van der Waals surface area contributed by atoms with E-state index in [4.69, 9.17) is 11.6 Å². The van der Waals surface area contributed by atoms with Crippen molar-refractivity contribution in [2.75, 3.05) is 25.0 Å². The smallest absolute Gasteiger partial charge is 0.396 e. The SMILES string of the molecule is C=CC(=O)Cl.C=CC(=O)N1C[C@@H](CO)[C@H](Nc2nnc(-c3ccc(C(F)(F)F)cc3)c3cccc(F)c23)C1. The van der Waals surface area contributed by atoms with E-state index in [0.29, 0.717) is 17.5 Å². The number of carbonyl (C=O) groups excluding carboxylic acids is 2. The Morgan fingerprint density at radius 3 is 2.32 bits per heavy atom. The van der Waals surface area contributed by atoms with Crippen molar-refractivity contribution in [1.29, 1.82) is 0 Å². The number of halogens is 5. The molecule has 3 aromatic rings. The maximum absolute atomic E-state index is 14.9. The van der Waals surface area contributed by atoms with Gasteiger partial charge in [-0.3, -0.25) is 9.59 Å². The fourth-order valence-corrected chi connectivity index (χ4v) is 4.00. The minimum Gasteiger partial charge on any atom is -0.396 e. The Morgan fingerprint density at radius 1 is 1.11 bits per heavy atom. The van der Waals surface area contributed by atoms with Crippen molar-refractivity contribution in [3.8, 4) is 11.3 Å². The van der Waals surface area contributed by atoms with Gasteiger partial charge in [-0.1, -0.05) is 37.4 Å². The molecule has 2 heterocycles. The Bertz CT molecular complexity index is 1350. The second-order valence-electron chi connectivity index (χ2n) is 8.28. The van der Waals surface area contributed by atoms with Crippen molar-refractivity contribution in [1.82, 2.24) is 15.1 Å². The topological polar surface area (TPSA) is 95.4 Å². The minimum atomic E-state index is -4.47. The quantitative estimate of drug-likeness (QED) is 0.260. The van der Waals surface area contributed by atoms with Crippen LogP contribution in [0.15, 0.2) is 67.8 Å². The first kappa shape index (κ1) is 28.7. The normalized spacial score (nSPS) is 16.9. The summed E-state index contributed by atoms with van der Waals surface area (Å²) in [4.78, 5) is 22.9. The first-order valence-corrected chi connectivity index (χ1v) is 11.6. The predicted molar refractivity (Wildman–Crippen MR) is 136 cm³/mol. The summed E-state index contributed by atoms with van der Waals surface area (Å²) in [6.45, 7) is 6.91. The number of aliphatic hydroxyl groups is 1. The molecule has 1 aromatic heterocycles. The van der Waals surface area contributed by atoms with Crippen molar-refractivity contribution in [3.05, 3.63) is 79.2 Å². The van der Waals surface area contributed by atoms with Crippen LogP contribution in [0.3, 0.4) is 0 Å². The van der Waals surface area contributed by atoms with E-state index in [1.165, 1.54) is 35.2 Å². The van der Waals surface area contributed by atoms with Gasteiger partial charge < -0.3 is 15.3 Å². The van der Waals surface area contributed by atoms with E-state index in [0.717, 1.165) is 18.2 Å². The van der Waals surface area contributed by atoms with Gasteiger partial charge in [0.2, 0.25) is 11.1 Å². The van der Waals surface area contributed by atoms with Gasteiger partial charge in [-0.05, 0) is 42.0 Å². The number of hydrogen-bond acceptors (Lipinski definition) is 6. The molecule has 1 saturated heterocycles. The zero-order valence-corrected chi connectivity index (χ0v) is 20.6. The number of rotatable bonds is 6. The summed E-state index contributed by atoms with van der Waals surface area (Å²) in [5, 5.41) is 21.1. The molecule has 200 valence electrons. The number of nitrogens with one attached hydrogen (secondary N) is 1. The largest absolute Gasteiger partial charge is 0.416 e. The van der Waals surface area contributed by atoms with Gasteiger partial charge in [-0.25, -0.2) is 4.39 Å². The number of carbonyl (C=O) groups is 2. The molecule has 0 aliphatic carbocycles. The lowest BCUT2D eigenvalue weighted by atomic mass is 10.0. The van der Waals surface area contributed by atoms with E-state index in [9.17, 15) is 32.3 Å². The average molecular weight is 551 g/mol. The molecule has 1 amide bonds. The molecule has 12 heteroatoms. The number of nitrogens with zero attached hydrogens (tertiary/aromatic N) is 3. The van der Waals surface area contributed by atoms with Crippen molar-refractivity contribution in [3.63, 3.8) is 0 Å². The number of benzene rings is 2. The number of likely N-dealkylation sites (tertiary alicyclic amines) is 1. The molecular weight excluding hydrogens is 528 g/mol. The van der Waals surface area contributed by atoms with Crippen molar-refractivity contribution in [2.24, 2.45) is 5.92 Å². The Morgan fingerprint density at radius 2 is 1.76 bits per heavy atom. The fourth-order valence-electron chi connectivity index (χ4n) is 4.00. The molecule has 7 nitrogen and oxygen atoms in total. The number of allylic oxidation sites excluding steroid dienone is 1. The highest BCUT2D eigenvalue weighted by atomic mass is 35.5. The maximum atomic E-state index is 14.9. The molecule has 1 aliphatic heterocycles. The molecule has 2 atom stereocenters. The monoisotopic (exact) mass is 550 g/mol. The molecule has 0 bridgehead atoms. The molecule has 2 aromatic carbocycles. The second kappa shape index (κ2) is 12.1. The third-order valence-electron chi connectivity index (χ3n) is 5.89. The van der Waals surface area contributed by atoms with Crippen molar-refractivity contribution in [2.45, 2.75) is 12.2 Å². The summed E-state index contributed by atoms with van der Waals surface area (Å²) in [5.74, 6) is -1.06. The standard InChI is InChI=1S/C23H20F4N4O2.C3H3ClO/c1-2-19(33)31-10-14(12-32)18(11-31)28-22-20-16(4-3-5-17(20)24)21(29-30-22)13-6-8-15(9-7-13)23(25,26)27;1-2-3(4)5/h2-9,14,18,32H,1,10-12H2,(H,28,30);2H,1H2/t14-,18+;/m0./s1. The van der Waals surface area contributed by atoms with Crippen LogP contribution in [0.1, 0.15) is 5.56 Å². The van der Waals surface area contributed by atoms with E-state index in [-0.39, 0.29) is 41.9 Å². The van der Waals surface area contributed by atoms with Crippen LogP contribution < -0.4 is 5.32 Å². The summed E-state index contributed by atoms with van der Waals surface area (Å²) < 4.78 is 53.6. The van der Waals surface area contributed by atoms with Crippen molar-refractivity contribution < 1.29 is 32.3 Å². The molecular formula is C26H23ClF4N4O3. The van der Waals surface area contributed by atoms with Crippen LogP contribution in [-0.4, -0.2) is 57.1 Å². The molecule has 4 rings (SSSR count). The highest BCUT2D eigenvalue weighted by molar-refractivity contribution is 6.66. The lowest BCUT2D eigenvalue weighted by Crippen LogP contribution is -2.32. The maximum Gasteiger partial charge on any atom is 0.416 e. The Balaban J connectivity index is 0.000000732. The lowest BCUT2D eigenvalue weighted by molar-refractivity contribution is -0.137. The van der Waals surface area contributed by atoms with Gasteiger partial charge in [-0.2, -0.15) is 13.2 Å². The Kier molecular flexibility index (Phi) is 9.18. The zero-order chi connectivity index (χ0) is 28.0. The molecule has 2 N–H and O–H groups in total. The number of alkyl halides is 3. The van der Waals surface area contributed by atoms with Gasteiger partial charge in [0, 0.05) is 36.6 Å². The first-order chi connectivity index (χ1) is 18.0. The highest BCUT2D eigenvalue weighted by Crippen LogP contribution is 2.35. The lowest BCUT2D eigenvalue weighted by Gasteiger charge is -2.20. The van der Waals surface area contributed by atoms with Gasteiger partial charge in [0.05, 0.1) is 17.0 Å². The molecule has 0 spiro atoms. The summed E-state index contributed by atoms with van der Waals surface area (Å²) in [6, 6.07) is 8.33. The van der Waals surface area contributed by atoms with Gasteiger partial charge >= 0.3 is 6.18 Å². The summed E-state index contributed by atoms with van der Waals surface area (Å²) in [5.41, 5.74) is -0.213. The van der Waals surface area contributed by atoms with Gasteiger partial charge in [0.25, 0.3) is 0 Å². The number of aromatic nitrogens is 2. The van der Waals surface area contributed by atoms with Crippen LogP contribution in [0.2, 0.25) is 0 Å². The third-order valence-corrected chi connectivity index (χ3v) is 6.04. The van der Waals surface area contributed by atoms with Gasteiger partial charge in [0.15, 0.2) is 5.82 Å². The fraction of sp³-hybridized carbons (Fsp3) is 0.231. The Hall–Kier alpha value is -3.83. The van der Waals surface area contributed by atoms with Crippen LogP contribution in [0.25, 0.3) is 22.0 Å². The van der Waals surface area contributed by atoms with Gasteiger partial charge in [-0.15, -0.1) is 10.2 Å². The van der Waals surface area contributed by atoms with Gasteiger partial charge in [0.1, 0.15) is 11.5 Å². The Labute approximate surface area is 220 Å². The van der Waals surface area contributed by atoms with Crippen molar-refractivity contribution >= 4 is 39.3 Å². The van der Waals surface area contributed by atoms with Crippen LogP contribution in [0.5, 0.6) is 0 Å². The number of anilines is 1. The molecule has 0 unspecified atom stereocenters. The predicted octanol–water partition coefficient (Wildman–Crippen LogP) is 4.81. The van der Waals surface area contributed by atoms with E-state index in [2.05, 4.69) is 28.7 Å². The van der Waals surface area contributed by atoms with E-state index in [1.807, 2.05) is 0 Å². The summed E-state index contributed by atoms with van der Waals surface area (Å²) in [7, 11) is 0. The number of hydrogen-bond donors (Lipinski definition) is 2. The van der Waals surface area contributed by atoms with Crippen LogP contribution >= 0.6 is 11.6 Å². The first-order valence-electron chi connectivity index (χ1n) is 11.2. The third kappa shape index (κ3) is 6.53. The molecule has 38 heavy (non-hydrogen) atoms. The molecule has 0 saturated carbocycles. The van der Waals surface area contributed by atoms with Crippen LogP contribution in [-0.2, 0) is 15.8 Å². The highest BCUT2D eigenvalue weighted by Gasteiger charge is 2.35. The molecule has 1 aliphatic rings. The number of aliphatic hydroxyl groups excluding tert-OH is 1. The zero-order valence-electron chi connectivity index (χ0n) is 19.9. The number of amides is 1. The van der Waals surface area contributed by atoms with E-state index < -0.39 is 28.8 Å². The van der Waals surface area contributed by atoms with Crippen LogP contribution in [0.4, 0.5) is 23.4 Å². The average Bonchev–Trinajstić information content (AvgIpc) is 3.31. The minimum absolute atomic E-state index is 0.118. The second-order valence-corrected chi connectivity index (χ2v) is 8.66. The molecule has 0 radical (unpaired) electrons. The summed E-state index contributed by atoms with van der Waals surface area (Å²) in [6.07, 6.45) is -2.25. The number of fused-ring (bicyclic) bond motifs is 1.